The molecular weight excluding hydrogens is 382 g/mol. The van der Waals surface area contributed by atoms with Gasteiger partial charge in [-0.05, 0) is 48.7 Å². The summed E-state index contributed by atoms with van der Waals surface area (Å²) in [5.41, 5.74) is 4.00. The summed E-state index contributed by atoms with van der Waals surface area (Å²) in [7, 11) is 1.63. The first-order valence-electron chi connectivity index (χ1n) is 10.4. The van der Waals surface area contributed by atoms with Crippen LogP contribution in [0.2, 0.25) is 0 Å². The molecule has 0 bridgehead atoms. The van der Waals surface area contributed by atoms with Crippen LogP contribution in [0.5, 0.6) is 17.2 Å². The number of carbonyl (C=O) groups excluding carboxylic acids is 1. The van der Waals surface area contributed by atoms with Crippen LogP contribution in [0, 0.1) is 0 Å². The standard InChI is InChI=1S/C24H25NO5/c1-15-20-13-23-22(28-8-3-9-29-23)10-16(20)6-7-25(15)24(26)11-17-14-30-21-12-18(27-2)4-5-19(17)21/h4-5,10,12-15H,3,6-9,11H2,1-2H3/t15-/m1/s1. The van der Waals surface area contributed by atoms with E-state index in [1.165, 1.54) is 5.56 Å². The predicted molar refractivity (Wildman–Crippen MR) is 112 cm³/mol. The van der Waals surface area contributed by atoms with Gasteiger partial charge >= 0.3 is 0 Å². The van der Waals surface area contributed by atoms with Crippen LogP contribution in [-0.2, 0) is 17.6 Å². The van der Waals surface area contributed by atoms with E-state index in [9.17, 15) is 4.79 Å². The maximum Gasteiger partial charge on any atom is 0.227 e. The average molecular weight is 407 g/mol. The molecule has 0 fully saturated rings. The molecule has 2 aliphatic rings. The van der Waals surface area contributed by atoms with Crippen molar-refractivity contribution in [3.05, 3.63) is 53.3 Å². The summed E-state index contributed by atoms with van der Waals surface area (Å²) in [6.07, 6.45) is 3.68. The van der Waals surface area contributed by atoms with Gasteiger partial charge in [0.1, 0.15) is 11.3 Å². The molecule has 156 valence electrons. The van der Waals surface area contributed by atoms with E-state index in [0.29, 0.717) is 26.2 Å². The zero-order valence-electron chi connectivity index (χ0n) is 17.3. The zero-order valence-corrected chi connectivity index (χ0v) is 17.3. The summed E-state index contributed by atoms with van der Waals surface area (Å²) in [5.74, 6) is 2.43. The lowest BCUT2D eigenvalue weighted by atomic mass is 9.92. The van der Waals surface area contributed by atoms with E-state index < -0.39 is 0 Å². The number of hydrogen-bond acceptors (Lipinski definition) is 5. The van der Waals surface area contributed by atoms with Crippen molar-refractivity contribution in [1.82, 2.24) is 4.90 Å². The minimum absolute atomic E-state index is 0.0170. The van der Waals surface area contributed by atoms with Gasteiger partial charge in [-0.15, -0.1) is 0 Å². The molecule has 0 saturated carbocycles. The van der Waals surface area contributed by atoms with Gasteiger partial charge in [0.05, 0.1) is 39.0 Å². The van der Waals surface area contributed by atoms with Crippen molar-refractivity contribution in [2.24, 2.45) is 0 Å². The molecule has 0 radical (unpaired) electrons. The number of hydrogen-bond donors (Lipinski definition) is 0. The number of carbonyl (C=O) groups is 1. The third-order valence-corrected chi connectivity index (χ3v) is 6.07. The summed E-state index contributed by atoms with van der Waals surface area (Å²) in [4.78, 5) is 15.2. The Morgan fingerprint density at radius 3 is 2.77 bits per heavy atom. The molecule has 3 heterocycles. The second-order valence-electron chi connectivity index (χ2n) is 7.86. The first-order valence-corrected chi connectivity index (χ1v) is 10.4. The van der Waals surface area contributed by atoms with Gasteiger partial charge in [-0.2, -0.15) is 0 Å². The first-order chi connectivity index (χ1) is 14.6. The van der Waals surface area contributed by atoms with E-state index in [1.807, 2.05) is 23.1 Å². The Morgan fingerprint density at radius 2 is 1.97 bits per heavy atom. The molecule has 1 aromatic heterocycles. The lowest BCUT2D eigenvalue weighted by molar-refractivity contribution is -0.133. The summed E-state index contributed by atoms with van der Waals surface area (Å²) in [6.45, 7) is 4.10. The summed E-state index contributed by atoms with van der Waals surface area (Å²) >= 11 is 0. The van der Waals surface area contributed by atoms with E-state index in [-0.39, 0.29) is 11.9 Å². The van der Waals surface area contributed by atoms with Gasteiger partial charge < -0.3 is 23.5 Å². The molecule has 1 amide bonds. The number of ether oxygens (including phenoxy) is 3. The van der Waals surface area contributed by atoms with Gasteiger partial charge in [0.15, 0.2) is 11.5 Å². The Bertz CT molecular complexity index is 1100. The minimum atomic E-state index is -0.0170. The average Bonchev–Trinajstić information content (AvgIpc) is 3.00. The second-order valence-corrected chi connectivity index (χ2v) is 7.86. The molecule has 0 saturated heterocycles. The van der Waals surface area contributed by atoms with E-state index in [2.05, 4.69) is 19.1 Å². The van der Waals surface area contributed by atoms with E-state index in [4.69, 9.17) is 18.6 Å². The Balaban J connectivity index is 1.38. The summed E-state index contributed by atoms with van der Waals surface area (Å²) < 4.78 is 22.6. The predicted octanol–water partition coefficient (Wildman–Crippen LogP) is 4.29. The summed E-state index contributed by atoms with van der Waals surface area (Å²) in [6, 6.07) is 9.81. The topological polar surface area (TPSA) is 61.1 Å². The van der Waals surface area contributed by atoms with Gasteiger partial charge in [-0.25, -0.2) is 0 Å². The van der Waals surface area contributed by atoms with Gasteiger partial charge in [0, 0.05) is 30.0 Å². The maximum atomic E-state index is 13.2. The SMILES string of the molecule is COc1ccc2c(CC(=O)N3CCc4cc5c(cc4[C@H]3C)OCCCO5)coc2c1. The molecule has 0 N–H and O–H groups in total. The Kier molecular flexibility index (Phi) is 4.77. The molecule has 2 aromatic carbocycles. The first kappa shape index (κ1) is 18.9. The molecule has 6 heteroatoms. The van der Waals surface area contributed by atoms with Gasteiger partial charge in [-0.3, -0.25) is 4.79 Å². The van der Waals surface area contributed by atoms with Crippen molar-refractivity contribution in [2.75, 3.05) is 26.9 Å². The van der Waals surface area contributed by atoms with Crippen LogP contribution in [0.1, 0.15) is 36.1 Å². The van der Waals surface area contributed by atoms with Crippen LogP contribution < -0.4 is 14.2 Å². The molecule has 0 aliphatic carbocycles. The van der Waals surface area contributed by atoms with E-state index in [0.717, 1.165) is 52.2 Å². The maximum absolute atomic E-state index is 13.2. The third kappa shape index (κ3) is 3.26. The Labute approximate surface area is 175 Å². The molecule has 2 aliphatic heterocycles. The fourth-order valence-electron chi connectivity index (χ4n) is 4.41. The van der Waals surface area contributed by atoms with Gasteiger partial charge in [0.2, 0.25) is 5.91 Å². The summed E-state index contributed by atoms with van der Waals surface area (Å²) in [5, 5.41) is 0.949. The van der Waals surface area contributed by atoms with Crippen LogP contribution in [0.4, 0.5) is 0 Å². The van der Waals surface area contributed by atoms with Crippen LogP contribution >= 0.6 is 0 Å². The number of rotatable bonds is 3. The second kappa shape index (κ2) is 7.59. The zero-order chi connectivity index (χ0) is 20.7. The fourth-order valence-corrected chi connectivity index (χ4v) is 4.41. The third-order valence-electron chi connectivity index (χ3n) is 6.07. The smallest absolute Gasteiger partial charge is 0.227 e. The monoisotopic (exact) mass is 407 g/mol. The highest BCUT2D eigenvalue weighted by molar-refractivity contribution is 5.88. The number of benzene rings is 2. The lowest BCUT2D eigenvalue weighted by Gasteiger charge is -2.36. The molecular formula is C24H25NO5. The molecule has 3 aromatic rings. The normalized spacial score (nSPS) is 18.1. The fraction of sp³-hybridized carbons (Fsp3) is 0.375. The van der Waals surface area contributed by atoms with E-state index >= 15 is 0 Å². The molecule has 5 rings (SSSR count). The number of fused-ring (bicyclic) bond motifs is 3. The van der Waals surface area contributed by atoms with Crippen LogP contribution in [0.15, 0.2) is 41.0 Å². The Morgan fingerprint density at radius 1 is 1.17 bits per heavy atom. The quantitative estimate of drug-likeness (QED) is 0.648. The highest BCUT2D eigenvalue weighted by atomic mass is 16.5. The highest BCUT2D eigenvalue weighted by Crippen LogP contribution is 2.39. The molecule has 6 nitrogen and oxygen atoms in total. The van der Waals surface area contributed by atoms with Crippen molar-refractivity contribution in [1.29, 1.82) is 0 Å². The van der Waals surface area contributed by atoms with Crippen LogP contribution in [0.3, 0.4) is 0 Å². The largest absolute Gasteiger partial charge is 0.497 e. The van der Waals surface area contributed by atoms with Gasteiger partial charge in [0.25, 0.3) is 0 Å². The minimum Gasteiger partial charge on any atom is -0.497 e. The molecule has 0 unspecified atom stereocenters. The highest BCUT2D eigenvalue weighted by Gasteiger charge is 2.30. The van der Waals surface area contributed by atoms with Crippen molar-refractivity contribution < 1.29 is 23.4 Å². The van der Waals surface area contributed by atoms with Crippen LogP contribution in [0.25, 0.3) is 11.0 Å². The number of methoxy groups -OCH3 is 1. The lowest BCUT2D eigenvalue weighted by Crippen LogP contribution is -2.39. The van der Waals surface area contributed by atoms with E-state index in [1.54, 1.807) is 13.4 Å². The van der Waals surface area contributed by atoms with Crippen LogP contribution in [-0.4, -0.2) is 37.7 Å². The molecule has 30 heavy (non-hydrogen) atoms. The molecule has 0 spiro atoms. The molecule has 1 atom stereocenters. The number of amides is 1. The van der Waals surface area contributed by atoms with Crippen molar-refractivity contribution in [2.45, 2.75) is 32.2 Å². The van der Waals surface area contributed by atoms with Crippen molar-refractivity contribution in [3.8, 4) is 17.2 Å². The number of furan rings is 1. The van der Waals surface area contributed by atoms with Crippen molar-refractivity contribution in [3.63, 3.8) is 0 Å². The van der Waals surface area contributed by atoms with Gasteiger partial charge in [-0.1, -0.05) is 0 Å². The number of nitrogens with zero attached hydrogens (tertiary/aromatic N) is 1. The van der Waals surface area contributed by atoms with Crippen molar-refractivity contribution >= 4 is 16.9 Å². The Hall–Kier alpha value is -3.15.